The Morgan fingerprint density at radius 1 is 0.815 bits per heavy atom. The second-order valence-corrected chi connectivity index (χ2v) is 14.5. The number of pyridine rings is 1. The van der Waals surface area contributed by atoms with Gasteiger partial charge in [0.05, 0.1) is 12.1 Å². The summed E-state index contributed by atoms with van der Waals surface area (Å²) in [6.45, 7) is -1.10. The summed E-state index contributed by atoms with van der Waals surface area (Å²) in [5.41, 5.74) is 6.49. The summed E-state index contributed by atoms with van der Waals surface area (Å²) in [4.78, 5) is 27.7. The number of carbonyl (C=O) groups excluding carboxylic acids is 2. The van der Waals surface area contributed by atoms with E-state index in [-0.39, 0.29) is 41.6 Å². The highest BCUT2D eigenvalue weighted by molar-refractivity contribution is 6.36. The summed E-state index contributed by atoms with van der Waals surface area (Å²) >= 11 is 13.8. The maximum Gasteiger partial charge on any atom is 0.387 e. The SMILES string of the molecule is COc1nc(O[C@H]2CCc3c(-c4cccc(-c5ccc(CNC[C@@H]6CCC(=O)N6)c(OC(F)F)c5)c4Cl)cccc32)c(Cl)cc1CNC[C@@H]1CCC(=O)N1. The number of nitrogens with zero attached hydrogens (tertiary/aromatic N) is 1. The number of halogens is 4. The molecule has 2 saturated heterocycles. The fraction of sp³-hybridized carbons (Fsp3) is 0.375. The van der Waals surface area contributed by atoms with Crippen molar-refractivity contribution in [3.8, 4) is 39.8 Å². The standard InChI is InChI=1S/C40H41Cl2F2N5O5/c1-52-38-24(19-46-21-26-11-15-36(51)48-26)16-32(41)39(49-38)53-33-13-12-29-28(5-3-6-30(29)33)31-7-2-4-27(37(31)42)22-8-9-23(34(17-22)54-40(43)44)18-45-20-25-10-14-35(50)47-25/h2-9,16-17,25-26,33,40,45-46H,10-15,18-21H2,1H3,(H,47,50)(H,48,51)/t25-,26-,33-/m0/s1. The van der Waals surface area contributed by atoms with Crippen LogP contribution < -0.4 is 35.5 Å². The van der Waals surface area contributed by atoms with E-state index in [1.807, 2.05) is 42.5 Å². The fourth-order valence-corrected chi connectivity index (χ4v) is 8.02. The van der Waals surface area contributed by atoms with Crippen LogP contribution in [0.25, 0.3) is 22.3 Å². The van der Waals surface area contributed by atoms with Gasteiger partial charge in [-0.2, -0.15) is 13.8 Å². The largest absolute Gasteiger partial charge is 0.481 e. The van der Waals surface area contributed by atoms with Gasteiger partial charge in [0.1, 0.15) is 16.9 Å². The van der Waals surface area contributed by atoms with E-state index in [1.54, 1.807) is 25.3 Å². The topological polar surface area (TPSA) is 123 Å². The van der Waals surface area contributed by atoms with Gasteiger partial charge in [0.2, 0.25) is 23.6 Å². The highest BCUT2D eigenvalue weighted by atomic mass is 35.5. The number of alkyl halides is 2. The van der Waals surface area contributed by atoms with Crippen LogP contribution in [0.1, 0.15) is 60.5 Å². The second kappa shape index (κ2) is 16.9. The van der Waals surface area contributed by atoms with Crippen molar-refractivity contribution in [3.05, 3.63) is 93.0 Å². The number of rotatable bonds is 15. The van der Waals surface area contributed by atoms with Crippen molar-refractivity contribution in [2.45, 2.75) is 76.4 Å². The van der Waals surface area contributed by atoms with E-state index >= 15 is 0 Å². The van der Waals surface area contributed by atoms with E-state index in [0.717, 1.165) is 47.1 Å². The quantitative estimate of drug-likeness (QED) is 0.101. The Labute approximate surface area is 322 Å². The Balaban J connectivity index is 1.08. The van der Waals surface area contributed by atoms with Crippen LogP contribution in [0, 0.1) is 0 Å². The molecular formula is C40H41Cl2F2N5O5. The average Bonchev–Trinajstić information content (AvgIpc) is 3.89. The predicted octanol–water partition coefficient (Wildman–Crippen LogP) is 7.14. The fourth-order valence-electron chi connectivity index (χ4n) is 7.47. The van der Waals surface area contributed by atoms with Crippen molar-refractivity contribution in [1.29, 1.82) is 0 Å². The van der Waals surface area contributed by atoms with Crippen LogP contribution in [0.4, 0.5) is 8.78 Å². The van der Waals surface area contributed by atoms with Gasteiger partial charge in [-0.15, -0.1) is 0 Å². The summed E-state index contributed by atoms with van der Waals surface area (Å²) in [5.74, 6) is 0.817. The molecule has 1 aromatic heterocycles. The summed E-state index contributed by atoms with van der Waals surface area (Å²) in [7, 11) is 1.55. The van der Waals surface area contributed by atoms with E-state index in [2.05, 4.69) is 26.3 Å². The molecule has 0 radical (unpaired) electrons. The number of fused-ring (bicyclic) bond motifs is 1. The summed E-state index contributed by atoms with van der Waals surface area (Å²) in [5, 5.41) is 13.3. The Bertz CT molecular complexity index is 2040. The number of aromatic nitrogens is 1. The Hall–Kier alpha value is -4.49. The van der Waals surface area contributed by atoms with Crippen molar-refractivity contribution in [3.63, 3.8) is 0 Å². The molecule has 0 unspecified atom stereocenters. The number of benzene rings is 3. The third kappa shape index (κ3) is 8.57. The number of amides is 2. The molecule has 3 aromatic carbocycles. The van der Waals surface area contributed by atoms with Gasteiger partial charge >= 0.3 is 6.61 Å². The minimum absolute atomic E-state index is 0.0106. The zero-order valence-electron chi connectivity index (χ0n) is 29.7. The third-order valence-electron chi connectivity index (χ3n) is 10.1. The Morgan fingerprint density at radius 2 is 1.48 bits per heavy atom. The van der Waals surface area contributed by atoms with Crippen molar-refractivity contribution < 1.29 is 32.6 Å². The van der Waals surface area contributed by atoms with Crippen molar-refractivity contribution >= 4 is 35.0 Å². The predicted molar refractivity (Wildman–Crippen MR) is 202 cm³/mol. The van der Waals surface area contributed by atoms with E-state index < -0.39 is 6.61 Å². The lowest BCUT2D eigenvalue weighted by Crippen LogP contribution is -2.35. The molecule has 3 atom stereocenters. The average molecular weight is 781 g/mol. The van der Waals surface area contributed by atoms with Crippen LogP contribution in [-0.2, 0) is 29.1 Å². The van der Waals surface area contributed by atoms with E-state index in [9.17, 15) is 18.4 Å². The molecule has 54 heavy (non-hydrogen) atoms. The van der Waals surface area contributed by atoms with Gasteiger partial charge in [0.25, 0.3) is 0 Å². The van der Waals surface area contributed by atoms with Crippen LogP contribution >= 0.6 is 23.2 Å². The first-order valence-corrected chi connectivity index (χ1v) is 18.8. The van der Waals surface area contributed by atoms with Crippen LogP contribution in [0.2, 0.25) is 10.0 Å². The van der Waals surface area contributed by atoms with Gasteiger partial charge in [-0.25, -0.2) is 0 Å². The summed E-state index contributed by atoms with van der Waals surface area (Å²) in [6, 6.07) is 18.8. The molecule has 4 N–H and O–H groups in total. The number of methoxy groups -OCH3 is 1. The van der Waals surface area contributed by atoms with Gasteiger partial charge in [0.15, 0.2) is 0 Å². The van der Waals surface area contributed by atoms with E-state index in [1.165, 1.54) is 0 Å². The first-order valence-electron chi connectivity index (χ1n) is 18.1. The molecular weight excluding hydrogens is 739 g/mol. The lowest BCUT2D eigenvalue weighted by molar-refractivity contribution is -0.120. The zero-order chi connectivity index (χ0) is 37.8. The molecule has 2 fully saturated rings. The Morgan fingerprint density at radius 3 is 2.15 bits per heavy atom. The highest BCUT2D eigenvalue weighted by Gasteiger charge is 2.29. The van der Waals surface area contributed by atoms with E-state index in [4.69, 9.17) is 37.4 Å². The molecule has 284 valence electrons. The molecule has 10 nitrogen and oxygen atoms in total. The molecule has 1 aliphatic carbocycles. The molecule has 2 aliphatic heterocycles. The monoisotopic (exact) mass is 779 g/mol. The molecule has 7 rings (SSSR count). The zero-order valence-corrected chi connectivity index (χ0v) is 31.2. The minimum Gasteiger partial charge on any atom is -0.481 e. The van der Waals surface area contributed by atoms with Crippen LogP contribution in [0.15, 0.2) is 60.7 Å². The summed E-state index contributed by atoms with van der Waals surface area (Å²) < 4.78 is 44.0. The maximum absolute atomic E-state index is 13.5. The first-order chi connectivity index (χ1) is 26.2. The molecule has 0 bridgehead atoms. The summed E-state index contributed by atoms with van der Waals surface area (Å²) in [6.07, 6.45) is 3.67. The number of nitrogens with one attached hydrogen (secondary N) is 4. The van der Waals surface area contributed by atoms with Gasteiger partial charge in [-0.3, -0.25) is 9.59 Å². The highest BCUT2D eigenvalue weighted by Crippen LogP contribution is 2.45. The number of carbonyl (C=O) groups is 2. The lowest BCUT2D eigenvalue weighted by atomic mass is 9.93. The van der Waals surface area contributed by atoms with Crippen LogP contribution in [0.5, 0.6) is 17.5 Å². The molecule has 3 heterocycles. The van der Waals surface area contributed by atoms with Crippen LogP contribution in [0.3, 0.4) is 0 Å². The smallest absolute Gasteiger partial charge is 0.387 e. The molecule has 2 amide bonds. The number of hydrogen-bond acceptors (Lipinski definition) is 8. The maximum atomic E-state index is 13.5. The van der Waals surface area contributed by atoms with Crippen molar-refractivity contribution in [2.75, 3.05) is 20.2 Å². The molecule has 0 saturated carbocycles. The van der Waals surface area contributed by atoms with Gasteiger partial charge in [-0.1, -0.05) is 71.7 Å². The van der Waals surface area contributed by atoms with Crippen molar-refractivity contribution in [1.82, 2.24) is 26.3 Å². The van der Waals surface area contributed by atoms with Crippen LogP contribution in [-0.4, -0.2) is 55.7 Å². The van der Waals surface area contributed by atoms with Crippen molar-refractivity contribution in [2.24, 2.45) is 0 Å². The van der Waals surface area contributed by atoms with Gasteiger partial charge in [0, 0.05) is 73.4 Å². The lowest BCUT2D eigenvalue weighted by Gasteiger charge is -2.19. The molecule has 3 aliphatic rings. The molecule has 14 heteroatoms. The molecule has 4 aromatic rings. The van der Waals surface area contributed by atoms with Gasteiger partial charge in [-0.05, 0) is 60.1 Å². The Kier molecular flexibility index (Phi) is 11.8. The van der Waals surface area contributed by atoms with E-state index in [0.29, 0.717) is 78.1 Å². The van der Waals surface area contributed by atoms with Gasteiger partial charge < -0.3 is 35.5 Å². The third-order valence-corrected chi connectivity index (χ3v) is 10.8. The first kappa shape index (κ1) is 37.8. The number of hydrogen-bond donors (Lipinski definition) is 4. The second-order valence-electron chi connectivity index (χ2n) is 13.7. The minimum atomic E-state index is -3.00. The molecule has 0 spiro atoms. The number of ether oxygens (including phenoxy) is 3. The normalized spacial score (nSPS) is 19.2.